The fourth-order valence-electron chi connectivity index (χ4n) is 3.26. The summed E-state index contributed by atoms with van der Waals surface area (Å²) in [6.07, 6.45) is 6.06. The Morgan fingerprint density at radius 2 is 1.82 bits per heavy atom. The lowest BCUT2D eigenvalue weighted by molar-refractivity contribution is -0.117. The highest BCUT2D eigenvalue weighted by molar-refractivity contribution is 5.94. The summed E-state index contributed by atoms with van der Waals surface area (Å²) < 4.78 is 0. The standard InChI is InChI=1S/C23H26N2O3/c26-14-13-25(12-11-20-15-24-23-4-2-1-3-22(20)23)16-19-7-5-18(6-8-19)9-10-21(28)17-27/h1-10,15,24,26-27H,11-14,16-17H2/b10-9+. The molecule has 0 bridgehead atoms. The van der Waals surface area contributed by atoms with Gasteiger partial charge in [0.2, 0.25) is 0 Å². The maximum absolute atomic E-state index is 11.2. The molecule has 5 heteroatoms. The van der Waals surface area contributed by atoms with E-state index in [0.29, 0.717) is 6.54 Å². The van der Waals surface area contributed by atoms with Crippen molar-refractivity contribution in [2.24, 2.45) is 0 Å². The van der Waals surface area contributed by atoms with E-state index in [0.717, 1.165) is 36.2 Å². The van der Waals surface area contributed by atoms with Crippen molar-refractivity contribution in [1.29, 1.82) is 0 Å². The number of benzene rings is 2. The van der Waals surface area contributed by atoms with Gasteiger partial charge in [-0.3, -0.25) is 9.69 Å². The van der Waals surface area contributed by atoms with E-state index in [2.05, 4.69) is 34.3 Å². The molecule has 0 saturated carbocycles. The molecule has 0 fully saturated rings. The highest BCUT2D eigenvalue weighted by atomic mass is 16.3. The van der Waals surface area contributed by atoms with E-state index in [9.17, 15) is 9.90 Å². The number of para-hydroxylation sites is 1. The first kappa shape index (κ1) is 20.0. The van der Waals surface area contributed by atoms with Crippen LogP contribution in [-0.2, 0) is 17.8 Å². The molecule has 3 N–H and O–H groups in total. The second-order valence-electron chi connectivity index (χ2n) is 6.81. The Kier molecular flexibility index (Phi) is 7.14. The Balaban J connectivity index is 1.61. The third-order valence-electron chi connectivity index (χ3n) is 4.79. The molecule has 28 heavy (non-hydrogen) atoms. The van der Waals surface area contributed by atoms with Gasteiger partial charge in [-0.1, -0.05) is 48.5 Å². The van der Waals surface area contributed by atoms with Crippen molar-refractivity contribution >= 4 is 22.8 Å². The summed E-state index contributed by atoms with van der Waals surface area (Å²) in [7, 11) is 0. The van der Waals surface area contributed by atoms with Crippen LogP contribution < -0.4 is 0 Å². The predicted molar refractivity (Wildman–Crippen MR) is 112 cm³/mol. The number of aromatic amines is 1. The average molecular weight is 378 g/mol. The summed E-state index contributed by atoms with van der Waals surface area (Å²) in [5, 5.41) is 19.4. The van der Waals surface area contributed by atoms with Crippen LogP contribution in [0.1, 0.15) is 16.7 Å². The third kappa shape index (κ3) is 5.39. The Bertz CT molecular complexity index is 928. The van der Waals surface area contributed by atoms with Crippen LogP contribution in [0.2, 0.25) is 0 Å². The van der Waals surface area contributed by atoms with Gasteiger partial charge in [0.05, 0.1) is 6.61 Å². The van der Waals surface area contributed by atoms with Gasteiger partial charge in [0.25, 0.3) is 0 Å². The van der Waals surface area contributed by atoms with Crippen LogP contribution in [-0.4, -0.2) is 52.2 Å². The molecule has 146 valence electrons. The predicted octanol–water partition coefficient (Wildman–Crippen LogP) is 2.78. The van der Waals surface area contributed by atoms with Crippen LogP contribution in [0.25, 0.3) is 17.0 Å². The number of aliphatic hydroxyl groups is 2. The maximum atomic E-state index is 11.2. The van der Waals surface area contributed by atoms with Crippen molar-refractivity contribution in [2.75, 3.05) is 26.3 Å². The molecule has 2 aromatic carbocycles. The van der Waals surface area contributed by atoms with Gasteiger partial charge < -0.3 is 15.2 Å². The van der Waals surface area contributed by atoms with E-state index in [1.165, 1.54) is 17.0 Å². The van der Waals surface area contributed by atoms with Gasteiger partial charge in [-0.2, -0.15) is 0 Å². The lowest BCUT2D eigenvalue weighted by Crippen LogP contribution is -2.28. The van der Waals surface area contributed by atoms with E-state index >= 15 is 0 Å². The molecule has 5 nitrogen and oxygen atoms in total. The van der Waals surface area contributed by atoms with E-state index in [1.54, 1.807) is 6.08 Å². The zero-order chi connectivity index (χ0) is 19.8. The molecule has 0 amide bonds. The second-order valence-corrected chi connectivity index (χ2v) is 6.81. The topological polar surface area (TPSA) is 76.6 Å². The van der Waals surface area contributed by atoms with Crippen LogP contribution in [0, 0.1) is 0 Å². The van der Waals surface area contributed by atoms with Gasteiger partial charge >= 0.3 is 0 Å². The Hall–Kier alpha value is -2.73. The fourth-order valence-corrected chi connectivity index (χ4v) is 3.26. The molecule has 0 aliphatic heterocycles. The molecule has 0 aliphatic rings. The number of fused-ring (bicyclic) bond motifs is 1. The molecule has 0 radical (unpaired) electrons. The average Bonchev–Trinajstić information content (AvgIpc) is 3.14. The normalized spacial score (nSPS) is 11.7. The number of rotatable bonds is 10. The van der Waals surface area contributed by atoms with Crippen LogP contribution in [0.3, 0.4) is 0 Å². The summed E-state index contributed by atoms with van der Waals surface area (Å²) in [6, 6.07) is 16.2. The van der Waals surface area contributed by atoms with Gasteiger partial charge in [0.15, 0.2) is 5.78 Å². The van der Waals surface area contributed by atoms with Crippen molar-refractivity contribution < 1.29 is 15.0 Å². The van der Waals surface area contributed by atoms with Gasteiger partial charge in [-0.05, 0) is 35.3 Å². The number of H-pyrrole nitrogens is 1. The minimum absolute atomic E-state index is 0.123. The van der Waals surface area contributed by atoms with Gasteiger partial charge in [0, 0.05) is 36.7 Å². The number of ketones is 1. The lowest BCUT2D eigenvalue weighted by Gasteiger charge is -2.21. The summed E-state index contributed by atoms with van der Waals surface area (Å²) in [4.78, 5) is 16.7. The fraction of sp³-hybridized carbons (Fsp3) is 0.261. The number of nitrogens with one attached hydrogen (secondary N) is 1. The SMILES string of the molecule is O=C(/C=C/c1ccc(CN(CCO)CCc2c[nH]c3ccccc23)cc1)CO. The zero-order valence-electron chi connectivity index (χ0n) is 15.8. The number of hydrogen-bond acceptors (Lipinski definition) is 4. The number of nitrogens with zero attached hydrogens (tertiary/aromatic N) is 1. The molecule has 0 saturated heterocycles. The molecular weight excluding hydrogens is 352 g/mol. The summed E-state index contributed by atoms with van der Waals surface area (Å²) >= 11 is 0. The molecule has 3 rings (SSSR count). The quantitative estimate of drug-likeness (QED) is 0.474. The minimum atomic E-state index is -0.471. The molecule has 3 aromatic rings. The molecule has 0 spiro atoms. The molecule has 0 unspecified atom stereocenters. The highest BCUT2D eigenvalue weighted by Crippen LogP contribution is 2.19. The number of hydrogen-bond donors (Lipinski definition) is 3. The van der Waals surface area contributed by atoms with Crippen LogP contribution in [0.5, 0.6) is 0 Å². The van der Waals surface area contributed by atoms with Crippen molar-refractivity contribution in [3.05, 3.63) is 77.5 Å². The zero-order valence-corrected chi connectivity index (χ0v) is 15.8. The van der Waals surface area contributed by atoms with E-state index < -0.39 is 6.61 Å². The molecule has 1 aromatic heterocycles. The van der Waals surface area contributed by atoms with Gasteiger partial charge in [0.1, 0.15) is 6.61 Å². The largest absolute Gasteiger partial charge is 0.395 e. The van der Waals surface area contributed by atoms with Gasteiger partial charge in [-0.25, -0.2) is 0 Å². The Morgan fingerprint density at radius 1 is 1.04 bits per heavy atom. The third-order valence-corrected chi connectivity index (χ3v) is 4.79. The van der Waals surface area contributed by atoms with Crippen molar-refractivity contribution in [3.63, 3.8) is 0 Å². The number of carbonyl (C=O) groups excluding carboxylic acids is 1. The molecular formula is C23H26N2O3. The summed E-state index contributed by atoms with van der Waals surface area (Å²) in [5.41, 5.74) is 4.50. The van der Waals surface area contributed by atoms with Gasteiger partial charge in [-0.15, -0.1) is 0 Å². The first-order valence-electron chi connectivity index (χ1n) is 9.48. The Labute approximate surface area is 164 Å². The summed E-state index contributed by atoms with van der Waals surface area (Å²) in [5.74, 6) is -0.310. The smallest absolute Gasteiger partial charge is 0.181 e. The van der Waals surface area contributed by atoms with Crippen LogP contribution in [0.4, 0.5) is 0 Å². The van der Waals surface area contributed by atoms with E-state index in [-0.39, 0.29) is 12.4 Å². The summed E-state index contributed by atoms with van der Waals surface area (Å²) in [6.45, 7) is 1.88. The lowest BCUT2D eigenvalue weighted by atomic mass is 10.1. The molecule has 0 atom stereocenters. The second kappa shape index (κ2) is 9.99. The van der Waals surface area contributed by atoms with Crippen molar-refractivity contribution in [1.82, 2.24) is 9.88 Å². The monoisotopic (exact) mass is 378 g/mol. The van der Waals surface area contributed by atoms with E-state index in [4.69, 9.17) is 5.11 Å². The van der Waals surface area contributed by atoms with E-state index in [1.807, 2.05) is 30.3 Å². The highest BCUT2D eigenvalue weighted by Gasteiger charge is 2.09. The Morgan fingerprint density at radius 3 is 2.57 bits per heavy atom. The van der Waals surface area contributed by atoms with Crippen LogP contribution in [0.15, 0.2) is 60.8 Å². The molecule has 1 heterocycles. The molecule has 0 aliphatic carbocycles. The maximum Gasteiger partial charge on any atom is 0.181 e. The van der Waals surface area contributed by atoms with Crippen molar-refractivity contribution in [3.8, 4) is 0 Å². The first-order chi connectivity index (χ1) is 13.7. The minimum Gasteiger partial charge on any atom is -0.395 e. The number of aromatic nitrogens is 1. The first-order valence-corrected chi connectivity index (χ1v) is 9.48. The number of aliphatic hydroxyl groups excluding tert-OH is 2. The van der Waals surface area contributed by atoms with Crippen molar-refractivity contribution in [2.45, 2.75) is 13.0 Å². The van der Waals surface area contributed by atoms with Crippen LogP contribution >= 0.6 is 0 Å². The number of carbonyl (C=O) groups is 1.